The van der Waals surface area contributed by atoms with Gasteiger partial charge in [-0.2, -0.15) is 0 Å². The van der Waals surface area contributed by atoms with Crippen LogP contribution in [-0.2, 0) is 19.2 Å². The highest BCUT2D eigenvalue weighted by molar-refractivity contribution is 7.98. The molecule has 0 aliphatic carbocycles. The highest BCUT2D eigenvalue weighted by atomic mass is 32.2. The number of thioether (sulfide) groups is 1. The van der Waals surface area contributed by atoms with Gasteiger partial charge in [0.05, 0.1) is 28.9 Å². The van der Waals surface area contributed by atoms with Gasteiger partial charge in [0.2, 0.25) is 0 Å². The number of fused-ring (bicyclic) bond motifs is 4. The van der Waals surface area contributed by atoms with Crippen molar-refractivity contribution in [2.75, 3.05) is 0 Å². The number of nitrogens with zero attached hydrogens (tertiary/aromatic N) is 5. The van der Waals surface area contributed by atoms with Crippen LogP contribution in [0.25, 0.3) is 16.7 Å². The molecule has 2 aromatic carbocycles. The predicted octanol–water partition coefficient (Wildman–Crippen LogP) is 3.35. The molecule has 0 amide bonds. The molecular formula is C18H15N5S. The number of hydrogen-bond donors (Lipinski definition) is 0. The fourth-order valence-corrected chi connectivity index (χ4v) is 4.19. The fourth-order valence-electron chi connectivity index (χ4n) is 3.24. The third kappa shape index (κ3) is 1.99. The molecule has 4 aromatic rings. The van der Waals surface area contributed by atoms with Crippen LogP contribution in [-0.4, -0.2) is 24.3 Å². The van der Waals surface area contributed by atoms with Gasteiger partial charge in [-0.3, -0.25) is 4.57 Å². The van der Waals surface area contributed by atoms with Crippen LogP contribution in [0.3, 0.4) is 0 Å². The summed E-state index contributed by atoms with van der Waals surface area (Å²) in [4.78, 5) is 6.04. The summed E-state index contributed by atoms with van der Waals surface area (Å²) < 4.78 is 4.33. The minimum Gasteiger partial charge on any atom is -0.331 e. The summed E-state index contributed by atoms with van der Waals surface area (Å²) in [7, 11) is 2.06. The molecule has 0 saturated heterocycles. The van der Waals surface area contributed by atoms with Crippen LogP contribution in [0, 0.1) is 0 Å². The number of para-hydroxylation sites is 3. The van der Waals surface area contributed by atoms with Gasteiger partial charge in [-0.05, 0) is 24.3 Å². The van der Waals surface area contributed by atoms with E-state index in [1.807, 2.05) is 30.0 Å². The molecule has 0 N–H and O–H groups in total. The lowest BCUT2D eigenvalue weighted by atomic mass is 10.3. The second-order valence-corrected chi connectivity index (χ2v) is 6.89. The highest BCUT2D eigenvalue weighted by Crippen LogP contribution is 2.35. The van der Waals surface area contributed by atoms with Crippen molar-refractivity contribution < 1.29 is 0 Å². The Morgan fingerprint density at radius 1 is 1.00 bits per heavy atom. The normalized spacial score (nSPS) is 13.0. The Morgan fingerprint density at radius 3 is 2.75 bits per heavy atom. The zero-order valence-electron chi connectivity index (χ0n) is 13.2. The minimum absolute atomic E-state index is 0.664. The first-order chi connectivity index (χ1) is 11.8. The number of aryl methyl sites for hydroxylation is 1. The van der Waals surface area contributed by atoms with Gasteiger partial charge < -0.3 is 4.57 Å². The molecule has 5 rings (SSSR count). The first-order valence-electron chi connectivity index (χ1n) is 7.87. The van der Waals surface area contributed by atoms with E-state index in [1.54, 1.807) is 0 Å². The smallest absolute Gasteiger partial charge is 0.148 e. The highest BCUT2D eigenvalue weighted by Gasteiger charge is 2.22. The average Bonchev–Trinajstić information content (AvgIpc) is 3.18. The lowest BCUT2D eigenvalue weighted by Gasteiger charge is -2.18. The third-order valence-corrected chi connectivity index (χ3v) is 5.51. The monoisotopic (exact) mass is 333 g/mol. The summed E-state index contributed by atoms with van der Waals surface area (Å²) in [5.74, 6) is 3.80. The van der Waals surface area contributed by atoms with Crippen molar-refractivity contribution in [3.63, 3.8) is 0 Å². The summed E-state index contributed by atoms with van der Waals surface area (Å²) in [6, 6.07) is 16.6. The lowest BCUT2D eigenvalue weighted by molar-refractivity contribution is 0.786. The van der Waals surface area contributed by atoms with E-state index in [9.17, 15) is 0 Å². The van der Waals surface area contributed by atoms with E-state index in [2.05, 4.69) is 56.7 Å². The van der Waals surface area contributed by atoms with E-state index in [-0.39, 0.29) is 0 Å². The molecule has 0 unspecified atom stereocenters. The van der Waals surface area contributed by atoms with Crippen LogP contribution < -0.4 is 0 Å². The number of aromatic nitrogens is 5. The zero-order chi connectivity index (χ0) is 16.1. The fraction of sp³-hybridized carbons (Fsp3) is 0.167. The SMILES string of the molecule is Cn1c(Cc2nnc3n2-c2ccccc2SC3)nc2ccccc21. The topological polar surface area (TPSA) is 48.5 Å². The predicted molar refractivity (Wildman–Crippen MR) is 94.4 cm³/mol. The Hall–Kier alpha value is -2.60. The molecule has 0 radical (unpaired) electrons. The second kappa shape index (κ2) is 5.21. The van der Waals surface area contributed by atoms with E-state index in [0.717, 1.165) is 34.3 Å². The van der Waals surface area contributed by atoms with Crippen molar-refractivity contribution in [2.24, 2.45) is 7.05 Å². The Labute approximate surface area is 143 Å². The van der Waals surface area contributed by atoms with Gasteiger partial charge in [0.25, 0.3) is 0 Å². The zero-order valence-corrected chi connectivity index (χ0v) is 14.0. The molecule has 24 heavy (non-hydrogen) atoms. The molecule has 6 heteroatoms. The maximum atomic E-state index is 4.77. The van der Waals surface area contributed by atoms with Crippen molar-refractivity contribution in [3.8, 4) is 5.69 Å². The van der Waals surface area contributed by atoms with Crippen molar-refractivity contribution in [1.82, 2.24) is 24.3 Å². The first kappa shape index (κ1) is 13.8. The van der Waals surface area contributed by atoms with E-state index in [0.29, 0.717) is 6.42 Å². The molecule has 5 nitrogen and oxygen atoms in total. The Balaban J connectivity index is 1.62. The molecule has 118 valence electrons. The van der Waals surface area contributed by atoms with Gasteiger partial charge in [-0.1, -0.05) is 24.3 Å². The molecule has 0 atom stereocenters. The second-order valence-electron chi connectivity index (χ2n) is 5.88. The average molecular weight is 333 g/mol. The standard InChI is InChI=1S/C18H15N5S/c1-22-13-7-3-2-6-12(13)19-16(22)10-17-20-21-18-11-24-15-9-5-4-8-14(15)23(17)18/h2-9H,10-11H2,1H3. The van der Waals surface area contributed by atoms with Crippen LogP contribution in [0.5, 0.6) is 0 Å². The van der Waals surface area contributed by atoms with Crippen LogP contribution in [0.15, 0.2) is 53.4 Å². The maximum Gasteiger partial charge on any atom is 0.148 e. The van der Waals surface area contributed by atoms with Crippen molar-refractivity contribution in [2.45, 2.75) is 17.1 Å². The van der Waals surface area contributed by atoms with E-state index >= 15 is 0 Å². The number of rotatable bonds is 2. The summed E-state index contributed by atoms with van der Waals surface area (Å²) in [6.45, 7) is 0. The van der Waals surface area contributed by atoms with Crippen LogP contribution >= 0.6 is 11.8 Å². The molecule has 0 bridgehead atoms. The van der Waals surface area contributed by atoms with Crippen molar-refractivity contribution in [3.05, 3.63) is 66.0 Å². The van der Waals surface area contributed by atoms with E-state index in [1.165, 1.54) is 10.6 Å². The lowest BCUT2D eigenvalue weighted by Crippen LogP contribution is -2.11. The summed E-state index contributed by atoms with van der Waals surface area (Å²) >= 11 is 1.81. The van der Waals surface area contributed by atoms with E-state index < -0.39 is 0 Å². The summed E-state index contributed by atoms with van der Waals surface area (Å²) in [5, 5.41) is 8.84. The number of hydrogen-bond acceptors (Lipinski definition) is 4. The number of imidazole rings is 1. The molecule has 0 spiro atoms. The molecule has 3 heterocycles. The van der Waals surface area contributed by atoms with Crippen molar-refractivity contribution >= 4 is 22.8 Å². The number of benzene rings is 2. The molecule has 1 aliphatic heterocycles. The third-order valence-electron chi connectivity index (χ3n) is 4.46. The van der Waals surface area contributed by atoms with Gasteiger partial charge in [-0.25, -0.2) is 4.98 Å². The van der Waals surface area contributed by atoms with Crippen LogP contribution in [0.1, 0.15) is 17.5 Å². The van der Waals surface area contributed by atoms with Crippen LogP contribution in [0.4, 0.5) is 0 Å². The molecule has 0 saturated carbocycles. The van der Waals surface area contributed by atoms with Gasteiger partial charge in [0.1, 0.15) is 17.5 Å². The molecular weight excluding hydrogens is 318 g/mol. The maximum absolute atomic E-state index is 4.77. The van der Waals surface area contributed by atoms with Gasteiger partial charge in [-0.15, -0.1) is 22.0 Å². The molecule has 1 aliphatic rings. The quantitative estimate of drug-likeness (QED) is 0.564. The van der Waals surface area contributed by atoms with Crippen LogP contribution in [0.2, 0.25) is 0 Å². The molecule has 0 fully saturated rings. The molecule has 2 aromatic heterocycles. The van der Waals surface area contributed by atoms with Gasteiger partial charge >= 0.3 is 0 Å². The summed E-state index contributed by atoms with van der Waals surface area (Å²) in [6.07, 6.45) is 0.664. The minimum atomic E-state index is 0.664. The Kier molecular flexibility index (Phi) is 2.99. The first-order valence-corrected chi connectivity index (χ1v) is 8.85. The van der Waals surface area contributed by atoms with E-state index in [4.69, 9.17) is 4.98 Å². The summed E-state index contributed by atoms with van der Waals surface area (Å²) in [5.41, 5.74) is 3.33. The largest absolute Gasteiger partial charge is 0.331 e. The van der Waals surface area contributed by atoms with Gasteiger partial charge in [0.15, 0.2) is 0 Å². The van der Waals surface area contributed by atoms with Crippen molar-refractivity contribution in [1.29, 1.82) is 0 Å². The van der Waals surface area contributed by atoms with Gasteiger partial charge in [0, 0.05) is 11.9 Å². The Morgan fingerprint density at radius 2 is 1.83 bits per heavy atom. The Bertz CT molecular complexity index is 1060.